The Morgan fingerprint density at radius 2 is 1.66 bits per heavy atom. The zero-order chi connectivity index (χ0) is 31.6. The molecule has 1 saturated heterocycles. The van der Waals surface area contributed by atoms with Crippen LogP contribution in [0.15, 0.2) is 60.7 Å². The molecular formula is C33H40ClN5O5. The number of ketones is 1. The van der Waals surface area contributed by atoms with Gasteiger partial charge >= 0.3 is 0 Å². The van der Waals surface area contributed by atoms with Crippen molar-refractivity contribution in [3.8, 4) is 0 Å². The number of para-hydroxylation sites is 2. The van der Waals surface area contributed by atoms with Crippen LogP contribution in [0.4, 0.5) is 17.1 Å². The van der Waals surface area contributed by atoms with Crippen LogP contribution in [0.5, 0.6) is 0 Å². The molecule has 0 saturated carbocycles. The van der Waals surface area contributed by atoms with E-state index in [1.807, 2.05) is 37.0 Å². The summed E-state index contributed by atoms with van der Waals surface area (Å²) in [4.78, 5) is 69.7. The number of carbonyl (C=O) groups is 5. The fourth-order valence-electron chi connectivity index (χ4n) is 5.31. The van der Waals surface area contributed by atoms with E-state index in [9.17, 15) is 24.0 Å². The molecule has 2 aliphatic heterocycles. The molecule has 44 heavy (non-hydrogen) atoms. The lowest BCUT2D eigenvalue weighted by atomic mass is 10.0. The minimum atomic E-state index is -1.14. The van der Waals surface area contributed by atoms with Gasteiger partial charge in [0.05, 0.1) is 17.9 Å². The second kappa shape index (κ2) is 15.5. The smallest absolute Gasteiger partial charge is 0.294 e. The van der Waals surface area contributed by atoms with Gasteiger partial charge in [-0.05, 0) is 68.0 Å². The maximum absolute atomic E-state index is 13.9. The van der Waals surface area contributed by atoms with E-state index < -0.39 is 29.7 Å². The summed E-state index contributed by atoms with van der Waals surface area (Å²) in [7, 11) is 0. The molecule has 0 spiro atoms. The van der Waals surface area contributed by atoms with Gasteiger partial charge in [-0.15, -0.1) is 0 Å². The first-order valence-electron chi connectivity index (χ1n) is 15.1. The van der Waals surface area contributed by atoms with Crippen LogP contribution in [-0.4, -0.2) is 66.0 Å². The molecule has 2 aliphatic rings. The zero-order valence-electron chi connectivity index (χ0n) is 25.2. The fourth-order valence-corrected chi connectivity index (χ4v) is 5.43. The molecule has 4 rings (SSSR count). The van der Waals surface area contributed by atoms with Crippen molar-refractivity contribution in [3.63, 3.8) is 0 Å². The number of allylic oxidation sites excluding steroid dienone is 1. The number of piperazine rings is 1. The summed E-state index contributed by atoms with van der Waals surface area (Å²) >= 11 is 6.11. The van der Waals surface area contributed by atoms with Crippen LogP contribution >= 0.6 is 11.6 Å². The SMILES string of the molecule is CC(C)CC(=O)N1CCN(c2ccc(Cl)cc2)[C@@H](C(=O)N[C@@H]2CC=CCCCCC(=O)Nc3ccccc3NC(=O)C2=O)C1. The van der Waals surface area contributed by atoms with Gasteiger partial charge in [0.1, 0.15) is 12.1 Å². The fraction of sp³-hybridized carbons (Fsp3) is 0.424. The first-order valence-corrected chi connectivity index (χ1v) is 15.5. The third kappa shape index (κ3) is 8.92. The van der Waals surface area contributed by atoms with E-state index in [0.29, 0.717) is 49.5 Å². The highest BCUT2D eigenvalue weighted by atomic mass is 35.5. The van der Waals surface area contributed by atoms with Gasteiger partial charge in [0, 0.05) is 36.6 Å². The average molecular weight is 622 g/mol. The number of Topliss-reactive ketones (excluding diaryl/α,β-unsaturated/α-hetero) is 1. The van der Waals surface area contributed by atoms with Crippen LogP contribution in [0.3, 0.4) is 0 Å². The van der Waals surface area contributed by atoms with Gasteiger partial charge in [0.2, 0.25) is 23.5 Å². The van der Waals surface area contributed by atoms with Crippen LogP contribution in [0.25, 0.3) is 0 Å². The lowest BCUT2D eigenvalue weighted by Crippen LogP contribution is -2.62. The molecular weight excluding hydrogens is 582 g/mol. The predicted octanol–water partition coefficient (Wildman–Crippen LogP) is 4.55. The highest BCUT2D eigenvalue weighted by molar-refractivity contribution is 6.43. The van der Waals surface area contributed by atoms with Crippen molar-refractivity contribution in [1.29, 1.82) is 0 Å². The average Bonchev–Trinajstić information content (AvgIpc) is 3.00. The molecule has 0 bridgehead atoms. The Labute approximate surface area is 263 Å². The van der Waals surface area contributed by atoms with E-state index in [2.05, 4.69) is 16.0 Å². The largest absolute Gasteiger partial charge is 0.356 e. The Bertz CT molecular complexity index is 1390. The molecule has 0 aromatic heterocycles. The normalized spacial score (nSPS) is 20.2. The number of fused-ring (bicyclic) bond motifs is 1. The monoisotopic (exact) mass is 621 g/mol. The van der Waals surface area contributed by atoms with Crippen molar-refractivity contribution >= 4 is 58.1 Å². The van der Waals surface area contributed by atoms with Gasteiger partial charge in [-0.3, -0.25) is 24.0 Å². The summed E-state index contributed by atoms with van der Waals surface area (Å²) in [6, 6.07) is 11.8. The quantitative estimate of drug-likeness (QED) is 0.332. The Morgan fingerprint density at radius 1 is 0.955 bits per heavy atom. The standard InChI is InChI=1S/C33H40ClN5O5/c1-22(2)20-30(41)38-18-19-39(24-16-14-23(34)15-17-24)28(21-38)32(43)37-27-12-6-4-3-5-7-13-29(40)35-25-10-8-9-11-26(25)36-33(44)31(27)42/h4,6,8-11,14-17,22,27-28H,3,5,7,12-13,18-21H2,1-2H3,(H,35,40)(H,36,44)(H,37,43)/t27-,28-/m1/s1. The van der Waals surface area contributed by atoms with Gasteiger partial charge in [-0.1, -0.05) is 49.7 Å². The molecule has 234 valence electrons. The summed E-state index contributed by atoms with van der Waals surface area (Å²) in [5.74, 6) is -2.24. The van der Waals surface area contributed by atoms with Crippen LogP contribution < -0.4 is 20.9 Å². The van der Waals surface area contributed by atoms with E-state index in [1.165, 1.54) is 0 Å². The van der Waals surface area contributed by atoms with Gasteiger partial charge in [-0.2, -0.15) is 0 Å². The number of hydrogen-bond acceptors (Lipinski definition) is 6. The zero-order valence-corrected chi connectivity index (χ0v) is 25.9. The number of halogens is 1. The number of nitrogens with zero attached hydrogens (tertiary/aromatic N) is 2. The van der Waals surface area contributed by atoms with E-state index in [-0.39, 0.29) is 36.4 Å². The molecule has 2 aromatic carbocycles. The Hall–Kier alpha value is -4.18. The summed E-state index contributed by atoms with van der Waals surface area (Å²) in [5, 5.41) is 8.79. The second-order valence-corrected chi connectivity index (χ2v) is 12.0. The number of amides is 4. The molecule has 0 aliphatic carbocycles. The van der Waals surface area contributed by atoms with Crippen LogP contribution in [0, 0.1) is 5.92 Å². The first kappa shape index (κ1) is 32.7. The van der Waals surface area contributed by atoms with E-state index in [1.54, 1.807) is 47.4 Å². The topological polar surface area (TPSA) is 128 Å². The molecule has 2 atom stereocenters. The summed E-state index contributed by atoms with van der Waals surface area (Å²) in [6.07, 6.45) is 6.61. The number of benzene rings is 2. The van der Waals surface area contributed by atoms with Gasteiger partial charge in [0.25, 0.3) is 5.91 Å². The summed E-state index contributed by atoms with van der Waals surface area (Å²) in [6.45, 7) is 4.93. The number of nitrogens with one attached hydrogen (secondary N) is 3. The highest BCUT2D eigenvalue weighted by Crippen LogP contribution is 2.25. The molecule has 3 N–H and O–H groups in total. The predicted molar refractivity (Wildman–Crippen MR) is 171 cm³/mol. The van der Waals surface area contributed by atoms with Crippen LogP contribution in [0.2, 0.25) is 5.02 Å². The van der Waals surface area contributed by atoms with Crippen molar-refractivity contribution < 1.29 is 24.0 Å². The van der Waals surface area contributed by atoms with Gasteiger partial charge in [0.15, 0.2) is 0 Å². The number of rotatable bonds is 5. The maximum Gasteiger partial charge on any atom is 0.294 e. The van der Waals surface area contributed by atoms with Crippen molar-refractivity contribution in [1.82, 2.24) is 10.2 Å². The first-order chi connectivity index (χ1) is 21.1. The summed E-state index contributed by atoms with van der Waals surface area (Å²) in [5.41, 5.74) is 1.43. The molecule has 10 nitrogen and oxygen atoms in total. The van der Waals surface area contributed by atoms with E-state index in [0.717, 1.165) is 12.1 Å². The molecule has 0 unspecified atom stereocenters. The molecule has 2 aromatic rings. The molecule has 1 fully saturated rings. The Kier molecular flexibility index (Phi) is 11.5. The highest BCUT2D eigenvalue weighted by Gasteiger charge is 2.37. The Balaban J connectivity index is 1.58. The summed E-state index contributed by atoms with van der Waals surface area (Å²) < 4.78 is 0. The third-order valence-electron chi connectivity index (χ3n) is 7.65. The number of carbonyl (C=O) groups excluding carboxylic acids is 5. The van der Waals surface area contributed by atoms with Crippen molar-refractivity contribution in [2.45, 2.75) is 64.5 Å². The van der Waals surface area contributed by atoms with Gasteiger partial charge in [-0.25, -0.2) is 0 Å². The molecule has 11 heteroatoms. The molecule has 2 heterocycles. The molecule has 4 amide bonds. The van der Waals surface area contributed by atoms with E-state index in [4.69, 9.17) is 11.6 Å². The van der Waals surface area contributed by atoms with Crippen LogP contribution in [-0.2, 0) is 24.0 Å². The minimum absolute atomic E-state index is 0.0355. The number of hydrogen-bond donors (Lipinski definition) is 3. The lowest BCUT2D eigenvalue weighted by Gasteiger charge is -2.42. The third-order valence-corrected chi connectivity index (χ3v) is 7.90. The van der Waals surface area contributed by atoms with Crippen molar-refractivity contribution in [3.05, 3.63) is 65.7 Å². The second-order valence-electron chi connectivity index (χ2n) is 11.5. The Morgan fingerprint density at radius 3 is 2.36 bits per heavy atom. The maximum atomic E-state index is 13.9. The van der Waals surface area contributed by atoms with E-state index >= 15 is 0 Å². The molecule has 0 radical (unpaired) electrons. The lowest BCUT2D eigenvalue weighted by molar-refractivity contribution is -0.138. The van der Waals surface area contributed by atoms with Gasteiger partial charge < -0.3 is 25.8 Å². The minimum Gasteiger partial charge on any atom is -0.356 e. The number of anilines is 3. The van der Waals surface area contributed by atoms with Crippen molar-refractivity contribution in [2.24, 2.45) is 5.92 Å². The van der Waals surface area contributed by atoms with Crippen LogP contribution in [0.1, 0.15) is 52.4 Å². The van der Waals surface area contributed by atoms with Crippen molar-refractivity contribution in [2.75, 3.05) is 35.2 Å².